The fourth-order valence-electron chi connectivity index (χ4n) is 4.00. The Labute approximate surface area is 165 Å². The molecule has 0 saturated carbocycles. The fourth-order valence-corrected chi connectivity index (χ4v) is 4.00. The summed E-state index contributed by atoms with van der Waals surface area (Å²) in [6.45, 7) is 3.10. The molecule has 3 rings (SSSR count). The summed E-state index contributed by atoms with van der Waals surface area (Å²) in [4.78, 5) is 25.4. The number of esters is 1. The fraction of sp³-hybridized carbons (Fsp3) is 0.722. The lowest BCUT2D eigenvalue weighted by Gasteiger charge is -2.37. The number of carbonyl (C=O) groups is 2. The van der Waals surface area contributed by atoms with Gasteiger partial charge in [0.15, 0.2) is 0 Å². The Bertz CT molecular complexity index is 599. The van der Waals surface area contributed by atoms with Gasteiger partial charge in [0, 0.05) is 32.2 Å². The van der Waals surface area contributed by atoms with Gasteiger partial charge in [-0.25, -0.2) is 0 Å². The highest BCUT2D eigenvalue weighted by Gasteiger charge is 2.42. The van der Waals surface area contributed by atoms with Gasteiger partial charge in [0.2, 0.25) is 5.91 Å². The Morgan fingerprint density at radius 3 is 2.67 bits per heavy atom. The predicted octanol–water partition coefficient (Wildman–Crippen LogP) is 0.716. The van der Waals surface area contributed by atoms with Crippen molar-refractivity contribution < 1.29 is 19.1 Å². The summed E-state index contributed by atoms with van der Waals surface area (Å²) in [5.41, 5.74) is -0.703. The maximum atomic E-state index is 13.1. The lowest BCUT2D eigenvalue weighted by atomic mass is 9.84. The second-order valence-electron chi connectivity index (χ2n) is 7.02. The Hall–Kier alpha value is -1.64. The van der Waals surface area contributed by atoms with Crippen molar-refractivity contribution in [3.63, 3.8) is 0 Å². The highest BCUT2D eigenvalue weighted by atomic mass is 35.5. The number of methoxy groups -OCH3 is 1. The van der Waals surface area contributed by atoms with Crippen molar-refractivity contribution in [2.75, 3.05) is 40.0 Å². The maximum Gasteiger partial charge on any atom is 0.310 e. The highest BCUT2D eigenvalue weighted by Crippen LogP contribution is 2.28. The van der Waals surface area contributed by atoms with E-state index in [0.29, 0.717) is 26.1 Å². The third kappa shape index (κ3) is 4.80. The molecule has 0 aliphatic carbocycles. The van der Waals surface area contributed by atoms with Gasteiger partial charge < -0.3 is 20.1 Å². The number of ether oxygens (including phenoxy) is 2. The Morgan fingerprint density at radius 2 is 2.07 bits per heavy atom. The number of amides is 1. The van der Waals surface area contributed by atoms with Crippen LogP contribution in [-0.4, -0.2) is 61.6 Å². The number of hydrogen-bond donors (Lipinski definition) is 2. The molecule has 0 bridgehead atoms. The summed E-state index contributed by atoms with van der Waals surface area (Å²) >= 11 is 0. The molecule has 2 fully saturated rings. The molecule has 152 valence electrons. The number of aromatic nitrogens is 2. The molecule has 2 saturated heterocycles. The van der Waals surface area contributed by atoms with E-state index < -0.39 is 5.54 Å². The zero-order chi connectivity index (χ0) is 18.4. The molecule has 1 unspecified atom stereocenters. The second-order valence-corrected chi connectivity index (χ2v) is 7.02. The zero-order valence-corrected chi connectivity index (χ0v) is 16.5. The van der Waals surface area contributed by atoms with Gasteiger partial charge in [-0.2, -0.15) is 5.10 Å². The molecule has 1 atom stereocenters. The van der Waals surface area contributed by atoms with Gasteiger partial charge in [-0.3, -0.25) is 14.3 Å². The maximum absolute atomic E-state index is 13.1. The topological polar surface area (TPSA) is 94.5 Å². The number of carbonyl (C=O) groups excluding carboxylic acids is 2. The zero-order valence-electron chi connectivity index (χ0n) is 15.7. The summed E-state index contributed by atoms with van der Waals surface area (Å²) in [6.07, 6.45) is 6.48. The van der Waals surface area contributed by atoms with Crippen LogP contribution in [0.5, 0.6) is 0 Å². The number of hydrogen-bond acceptors (Lipinski definition) is 6. The van der Waals surface area contributed by atoms with Crippen LogP contribution in [0.1, 0.15) is 25.7 Å². The smallest absolute Gasteiger partial charge is 0.310 e. The minimum absolute atomic E-state index is 0. The average molecular weight is 401 g/mol. The van der Waals surface area contributed by atoms with E-state index in [1.54, 1.807) is 10.9 Å². The molecule has 9 heteroatoms. The van der Waals surface area contributed by atoms with E-state index in [9.17, 15) is 9.59 Å². The van der Waals surface area contributed by atoms with E-state index in [1.807, 2.05) is 12.3 Å². The van der Waals surface area contributed by atoms with Crippen LogP contribution in [0, 0.1) is 11.8 Å². The van der Waals surface area contributed by atoms with Crippen LogP contribution in [0.2, 0.25) is 0 Å². The van der Waals surface area contributed by atoms with Crippen LogP contribution < -0.4 is 10.6 Å². The van der Waals surface area contributed by atoms with Crippen LogP contribution in [0.25, 0.3) is 0 Å². The molecule has 0 spiro atoms. The molecule has 2 aliphatic heterocycles. The van der Waals surface area contributed by atoms with E-state index in [-0.39, 0.29) is 42.7 Å². The molecule has 27 heavy (non-hydrogen) atoms. The van der Waals surface area contributed by atoms with Crippen molar-refractivity contribution in [2.24, 2.45) is 11.8 Å². The van der Waals surface area contributed by atoms with Crippen molar-refractivity contribution in [2.45, 2.75) is 31.2 Å². The van der Waals surface area contributed by atoms with Crippen LogP contribution in [0.15, 0.2) is 18.5 Å². The third-order valence-corrected chi connectivity index (χ3v) is 5.62. The molecular formula is C18H29ClN4O4. The van der Waals surface area contributed by atoms with Crippen molar-refractivity contribution in [3.05, 3.63) is 18.5 Å². The number of nitrogens with one attached hydrogen (secondary N) is 2. The van der Waals surface area contributed by atoms with Crippen molar-refractivity contribution in [1.82, 2.24) is 20.4 Å². The highest BCUT2D eigenvalue weighted by molar-refractivity contribution is 5.85. The SMILES string of the molecule is COC(=O)C(CNC(=O)C1(n2cccn2)CCNCC1)C1CCOCC1.Cl. The Morgan fingerprint density at radius 1 is 1.37 bits per heavy atom. The molecule has 1 aromatic heterocycles. The molecule has 3 heterocycles. The number of nitrogens with zero attached hydrogens (tertiary/aromatic N) is 2. The van der Waals surface area contributed by atoms with E-state index >= 15 is 0 Å². The van der Waals surface area contributed by atoms with Crippen LogP contribution >= 0.6 is 12.4 Å². The lowest BCUT2D eigenvalue weighted by Crippen LogP contribution is -2.55. The summed E-state index contributed by atoms with van der Waals surface area (Å²) < 4.78 is 12.1. The van der Waals surface area contributed by atoms with Crippen molar-refractivity contribution >= 4 is 24.3 Å². The van der Waals surface area contributed by atoms with Crippen molar-refractivity contribution in [1.29, 1.82) is 0 Å². The van der Waals surface area contributed by atoms with Gasteiger partial charge >= 0.3 is 5.97 Å². The lowest BCUT2D eigenvalue weighted by molar-refractivity contribution is -0.149. The van der Waals surface area contributed by atoms with Gasteiger partial charge in [-0.1, -0.05) is 0 Å². The van der Waals surface area contributed by atoms with Crippen LogP contribution in [0.4, 0.5) is 0 Å². The molecular weight excluding hydrogens is 372 g/mol. The number of rotatable bonds is 6. The molecule has 2 aliphatic rings. The van der Waals surface area contributed by atoms with Crippen LogP contribution in [-0.2, 0) is 24.6 Å². The number of halogens is 1. The summed E-state index contributed by atoms with van der Waals surface area (Å²) in [5.74, 6) is -0.520. The molecule has 0 aromatic carbocycles. The normalized spacial score (nSPS) is 20.9. The van der Waals surface area contributed by atoms with Crippen LogP contribution in [0.3, 0.4) is 0 Å². The van der Waals surface area contributed by atoms with Gasteiger partial charge in [0.05, 0.1) is 13.0 Å². The quantitative estimate of drug-likeness (QED) is 0.683. The molecule has 1 amide bonds. The first kappa shape index (κ1) is 21.7. The molecule has 2 N–H and O–H groups in total. The van der Waals surface area contributed by atoms with Gasteiger partial charge in [0.1, 0.15) is 5.54 Å². The van der Waals surface area contributed by atoms with E-state index in [2.05, 4.69) is 15.7 Å². The van der Waals surface area contributed by atoms with Gasteiger partial charge in [-0.15, -0.1) is 12.4 Å². The average Bonchev–Trinajstić information content (AvgIpc) is 3.24. The monoisotopic (exact) mass is 400 g/mol. The minimum Gasteiger partial charge on any atom is -0.469 e. The summed E-state index contributed by atoms with van der Waals surface area (Å²) in [5, 5.41) is 10.6. The first-order valence-electron chi connectivity index (χ1n) is 9.32. The molecule has 1 aromatic rings. The van der Waals surface area contributed by atoms with E-state index in [1.165, 1.54) is 7.11 Å². The predicted molar refractivity (Wildman–Crippen MR) is 102 cm³/mol. The van der Waals surface area contributed by atoms with E-state index in [4.69, 9.17) is 9.47 Å². The Kier molecular flexibility index (Phi) is 8.07. The number of piperidine rings is 1. The summed E-state index contributed by atoms with van der Waals surface area (Å²) in [6, 6.07) is 1.83. The van der Waals surface area contributed by atoms with Gasteiger partial charge in [-0.05, 0) is 50.8 Å². The first-order chi connectivity index (χ1) is 12.7. The second kappa shape index (κ2) is 10.1. The summed E-state index contributed by atoms with van der Waals surface area (Å²) in [7, 11) is 1.40. The van der Waals surface area contributed by atoms with Gasteiger partial charge in [0.25, 0.3) is 0 Å². The Balaban J connectivity index is 0.00000261. The standard InChI is InChI=1S/C18H28N4O4.ClH/c1-25-16(23)15(14-3-11-26-12-4-14)13-20-17(24)18(5-8-19-9-6-18)22-10-2-7-21-22;/h2,7,10,14-15,19H,3-6,8-9,11-13H2,1H3,(H,20,24);1H. The van der Waals surface area contributed by atoms with Crippen molar-refractivity contribution in [3.8, 4) is 0 Å². The third-order valence-electron chi connectivity index (χ3n) is 5.62. The van der Waals surface area contributed by atoms with E-state index in [0.717, 1.165) is 25.9 Å². The first-order valence-corrected chi connectivity index (χ1v) is 9.32. The molecule has 0 radical (unpaired) electrons. The molecule has 8 nitrogen and oxygen atoms in total. The minimum atomic E-state index is -0.703. The largest absolute Gasteiger partial charge is 0.469 e.